The Bertz CT molecular complexity index is 488. The molecule has 0 aliphatic rings. The Hall–Kier alpha value is -1.86. The van der Waals surface area contributed by atoms with Crippen LogP contribution in [0.15, 0.2) is 67.2 Å². The van der Waals surface area contributed by atoms with Crippen LogP contribution in [-0.4, -0.2) is 11.2 Å². The van der Waals surface area contributed by atoms with Gasteiger partial charge in [-0.05, 0) is 29.5 Å². The molecule has 0 saturated heterocycles. The second-order valence-corrected chi connectivity index (χ2v) is 4.43. The first-order valence-electron chi connectivity index (χ1n) is 6.23. The van der Waals surface area contributed by atoms with Crippen molar-refractivity contribution in [1.29, 1.82) is 0 Å². The maximum absolute atomic E-state index is 10.1. The number of aryl methyl sites for hydroxylation is 1. The molecule has 0 aliphatic heterocycles. The van der Waals surface area contributed by atoms with E-state index in [1.807, 2.05) is 48.5 Å². The molecule has 2 aromatic rings. The van der Waals surface area contributed by atoms with Crippen LogP contribution < -0.4 is 0 Å². The van der Waals surface area contributed by atoms with E-state index in [4.69, 9.17) is 0 Å². The van der Waals surface area contributed by atoms with Crippen LogP contribution in [0.1, 0.15) is 17.5 Å². The summed E-state index contributed by atoms with van der Waals surface area (Å²) in [6.07, 6.45) is 1.10. The van der Waals surface area contributed by atoms with E-state index in [0.717, 1.165) is 17.6 Å². The summed E-state index contributed by atoms with van der Waals surface area (Å²) in [6, 6.07) is 20.1. The number of rotatable bonds is 5. The van der Waals surface area contributed by atoms with Crippen LogP contribution in [0.25, 0.3) is 5.57 Å². The van der Waals surface area contributed by atoms with Crippen molar-refractivity contribution < 1.29 is 5.11 Å². The first-order valence-corrected chi connectivity index (χ1v) is 6.23. The Morgan fingerprint density at radius 3 is 2.11 bits per heavy atom. The minimum absolute atomic E-state index is 0.479. The van der Waals surface area contributed by atoms with Crippen molar-refractivity contribution in [2.24, 2.45) is 0 Å². The quantitative estimate of drug-likeness (QED) is 0.842. The highest BCUT2D eigenvalue weighted by Crippen LogP contribution is 2.19. The summed E-state index contributed by atoms with van der Waals surface area (Å²) in [4.78, 5) is 0. The molecule has 1 nitrogen and oxygen atoms in total. The maximum Gasteiger partial charge on any atom is 0.0793 e. The van der Waals surface area contributed by atoms with Crippen LogP contribution in [0.4, 0.5) is 0 Å². The van der Waals surface area contributed by atoms with Gasteiger partial charge >= 0.3 is 0 Å². The number of hydrogen-bond acceptors (Lipinski definition) is 1. The van der Waals surface area contributed by atoms with Gasteiger partial charge < -0.3 is 5.11 Å². The van der Waals surface area contributed by atoms with Crippen molar-refractivity contribution in [3.05, 3.63) is 78.4 Å². The van der Waals surface area contributed by atoms with Gasteiger partial charge in [-0.2, -0.15) is 0 Å². The molecule has 0 fully saturated rings. The fourth-order valence-corrected chi connectivity index (χ4v) is 1.97. The van der Waals surface area contributed by atoms with Crippen LogP contribution in [0.3, 0.4) is 0 Å². The SMILES string of the molecule is C=C(c1ccccc1)C(O)CCc1ccccc1. The van der Waals surface area contributed by atoms with E-state index >= 15 is 0 Å². The molecule has 0 spiro atoms. The zero-order chi connectivity index (χ0) is 12.8. The van der Waals surface area contributed by atoms with Gasteiger partial charge in [0.25, 0.3) is 0 Å². The second-order valence-electron chi connectivity index (χ2n) is 4.43. The molecule has 92 valence electrons. The van der Waals surface area contributed by atoms with E-state index in [1.54, 1.807) is 0 Å². The van der Waals surface area contributed by atoms with E-state index < -0.39 is 6.10 Å². The van der Waals surface area contributed by atoms with E-state index in [-0.39, 0.29) is 0 Å². The van der Waals surface area contributed by atoms with Gasteiger partial charge in [0.1, 0.15) is 0 Å². The molecule has 0 saturated carbocycles. The predicted octanol–water partition coefficient (Wildman–Crippen LogP) is 3.69. The molecule has 1 unspecified atom stereocenters. The molecule has 0 amide bonds. The third kappa shape index (κ3) is 3.31. The zero-order valence-corrected chi connectivity index (χ0v) is 10.4. The summed E-state index contributed by atoms with van der Waals surface area (Å²) in [6.45, 7) is 3.99. The smallest absolute Gasteiger partial charge is 0.0793 e. The average Bonchev–Trinajstić information content (AvgIpc) is 2.46. The molecule has 1 N–H and O–H groups in total. The highest BCUT2D eigenvalue weighted by atomic mass is 16.3. The van der Waals surface area contributed by atoms with Crippen molar-refractivity contribution in [2.75, 3.05) is 0 Å². The Morgan fingerprint density at radius 2 is 1.50 bits per heavy atom. The number of aliphatic hydroxyl groups excluding tert-OH is 1. The van der Waals surface area contributed by atoms with E-state index in [9.17, 15) is 5.11 Å². The van der Waals surface area contributed by atoms with Crippen molar-refractivity contribution >= 4 is 5.57 Å². The normalized spacial score (nSPS) is 12.1. The minimum atomic E-state index is -0.479. The lowest BCUT2D eigenvalue weighted by atomic mass is 9.97. The number of aliphatic hydroxyl groups is 1. The fourth-order valence-electron chi connectivity index (χ4n) is 1.97. The lowest BCUT2D eigenvalue weighted by Gasteiger charge is -2.14. The molecule has 0 aliphatic carbocycles. The Kier molecular flexibility index (Phi) is 4.32. The third-order valence-electron chi connectivity index (χ3n) is 3.10. The van der Waals surface area contributed by atoms with Gasteiger partial charge in [0, 0.05) is 0 Å². The molecule has 1 atom stereocenters. The van der Waals surface area contributed by atoms with Gasteiger partial charge in [-0.25, -0.2) is 0 Å². The lowest BCUT2D eigenvalue weighted by molar-refractivity contribution is 0.222. The first kappa shape index (κ1) is 12.6. The van der Waals surface area contributed by atoms with Gasteiger partial charge in [-0.3, -0.25) is 0 Å². The van der Waals surface area contributed by atoms with E-state index in [1.165, 1.54) is 5.56 Å². The Balaban J connectivity index is 1.93. The molecule has 0 radical (unpaired) electrons. The molecule has 18 heavy (non-hydrogen) atoms. The maximum atomic E-state index is 10.1. The van der Waals surface area contributed by atoms with Gasteiger partial charge in [0.15, 0.2) is 0 Å². The molecular weight excluding hydrogens is 220 g/mol. The van der Waals surface area contributed by atoms with Gasteiger partial charge in [0.2, 0.25) is 0 Å². The molecule has 0 heterocycles. The van der Waals surface area contributed by atoms with Crippen molar-refractivity contribution in [3.8, 4) is 0 Å². The summed E-state index contributed by atoms with van der Waals surface area (Å²) in [7, 11) is 0. The van der Waals surface area contributed by atoms with Crippen LogP contribution in [0, 0.1) is 0 Å². The van der Waals surface area contributed by atoms with Crippen LogP contribution in [0.5, 0.6) is 0 Å². The monoisotopic (exact) mass is 238 g/mol. The Morgan fingerprint density at radius 1 is 0.944 bits per heavy atom. The molecule has 0 bridgehead atoms. The molecular formula is C17H18O. The van der Waals surface area contributed by atoms with E-state index in [2.05, 4.69) is 18.7 Å². The largest absolute Gasteiger partial charge is 0.388 e. The fraction of sp³-hybridized carbons (Fsp3) is 0.176. The highest BCUT2D eigenvalue weighted by Gasteiger charge is 2.10. The summed E-state index contributed by atoms with van der Waals surface area (Å²) < 4.78 is 0. The van der Waals surface area contributed by atoms with Crippen molar-refractivity contribution in [2.45, 2.75) is 18.9 Å². The van der Waals surface area contributed by atoms with E-state index in [0.29, 0.717) is 6.42 Å². The second kappa shape index (κ2) is 6.18. The number of benzene rings is 2. The first-order chi connectivity index (χ1) is 8.77. The standard InChI is InChI=1S/C17H18O/c1-14(16-10-6-3-7-11-16)17(18)13-12-15-8-4-2-5-9-15/h2-11,17-18H,1,12-13H2. The zero-order valence-electron chi connectivity index (χ0n) is 10.4. The molecule has 0 aromatic heterocycles. The average molecular weight is 238 g/mol. The summed E-state index contributed by atoms with van der Waals surface area (Å²) in [5, 5.41) is 10.1. The van der Waals surface area contributed by atoms with Crippen molar-refractivity contribution in [3.63, 3.8) is 0 Å². The van der Waals surface area contributed by atoms with Crippen LogP contribution >= 0.6 is 0 Å². The summed E-state index contributed by atoms with van der Waals surface area (Å²) in [5.41, 5.74) is 3.06. The highest BCUT2D eigenvalue weighted by molar-refractivity contribution is 5.66. The Labute approximate surface area is 108 Å². The van der Waals surface area contributed by atoms with Gasteiger partial charge in [0.05, 0.1) is 6.10 Å². The summed E-state index contributed by atoms with van der Waals surface area (Å²) in [5.74, 6) is 0. The van der Waals surface area contributed by atoms with Gasteiger partial charge in [-0.1, -0.05) is 67.2 Å². The molecule has 2 rings (SSSR count). The minimum Gasteiger partial charge on any atom is -0.388 e. The van der Waals surface area contributed by atoms with Gasteiger partial charge in [-0.15, -0.1) is 0 Å². The van der Waals surface area contributed by atoms with Crippen molar-refractivity contribution in [1.82, 2.24) is 0 Å². The van der Waals surface area contributed by atoms with Crippen LogP contribution in [-0.2, 0) is 6.42 Å². The van der Waals surface area contributed by atoms with Crippen LogP contribution in [0.2, 0.25) is 0 Å². The topological polar surface area (TPSA) is 20.2 Å². The predicted molar refractivity (Wildman–Crippen MR) is 76.2 cm³/mol. The summed E-state index contributed by atoms with van der Waals surface area (Å²) >= 11 is 0. The molecule has 1 heteroatoms. The number of hydrogen-bond donors (Lipinski definition) is 1. The molecule has 2 aromatic carbocycles. The lowest BCUT2D eigenvalue weighted by Crippen LogP contribution is -2.09. The third-order valence-corrected chi connectivity index (χ3v) is 3.10.